The maximum Gasteiger partial charge on any atom is 0.193 e. The van der Waals surface area contributed by atoms with Gasteiger partial charge >= 0.3 is 0 Å². The molecule has 6 nitrogen and oxygen atoms in total. The van der Waals surface area contributed by atoms with E-state index in [1.807, 2.05) is 72.8 Å². The first-order valence-corrected chi connectivity index (χ1v) is 16.8. The van der Waals surface area contributed by atoms with Gasteiger partial charge in [-0.1, -0.05) is 66.4 Å². The standard InChI is InChI=1S/C47H32O6/c1-50-40-13-7-16-43(31-40)52-41-14-5-11-37(29-41)47(49)38-12-6-15-42(30-38)53-45-18-8-17-44(32-45)51-39-27-25-36(26-28-39)46(48)35-23-21-34(22-24-35)20-19-33-9-3-2-4-10-33/h2-18,21-32H,1H3. The number of ether oxygens (including phenoxy) is 4. The van der Waals surface area contributed by atoms with Gasteiger partial charge in [0.25, 0.3) is 0 Å². The predicted molar refractivity (Wildman–Crippen MR) is 205 cm³/mol. The van der Waals surface area contributed by atoms with Crippen LogP contribution < -0.4 is 18.9 Å². The van der Waals surface area contributed by atoms with Crippen molar-refractivity contribution in [3.8, 4) is 52.1 Å². The topological polar surface area (TPSA) is 71.1 Å². The molecule has 6 heteroatoms. The Kier molecular flexibility index (Phi) is 10.4. The Bertz CT molecular complexity index is 2440. The maximum atomic E-state index is 13.5. The summed E-state index contributed by atoms with van der Waals surface area (Å²) in [6.45, 7) is 0. The fraction of sp³-hybridized carbons (Fsp3) is 0.0213. The summed E-state index contributed by atoms with van der Waals surface area (Å²) >= 11 is 0. The van der Waals surface area contributed by atoms with Gasteiger partial charge in [0.15, 0.2) is 11.6 Å². The van der Waals surface area contributed by atoms with Crippen LogP contribution in [0.5, 0.6) is 40.2 Å². The highest BCUT2D eigenvalue weighted by Gasteiger charge is 2.13. The molecule has 7 aromatic carbocycles. The van der Waals surface area contributed by atoms with Gasteiger partial charge in [-0.3, -0.25) is 9.59 Å². The molecule has 0 spiro atoms. The first-order chi connectivity index (χ1) is 26.0. The second kappa shape index (κ2) is 16.1. The molecular formula is C47H32O6. The highest BCUT2D eigenvalue weighted by Crippen LogP contribution is 2.31. The van der Waals surface area contributed by atoms with Crippen LogP contribution in [0.4, 0.5) is 0 Å². The number of carbonyl (C=O) groups excluding carboxylic acids is 2. The van der Waals surface area contributed by atoms with E-state index >= 15 is 0 Å². The quantitative estimate of drug-likeness (QED) is 0.0993. The molecule has 256 valence electrons. The van der Waals surface area contributed by atoms with Crippen LogP contribution in [0.3, 0.4) is 0 Å². The lowest BCUT2D eigenvalue weighted by atomic mass is 10.0. The molecule has 0 atom stereocenters. The van der Waals surface area contributed by atoms with Gasteiger partial charge in [-0.15, -0.1) is 0 Å². The van der Waals surface area contributed by atoms with Gasteiger partial charge in [-0.05, 0) is 109 Å². The minimum atomic E-state index is -0.171. The van der Waals surface area contributed by atoms with Crippen molar-refractivity contribution in [3.63, 3.8) is 0 Å². The normalized spacial score (nSPS) is 10.4. The molecular weight excluding hydrogens is 661 g/mol. The summed E-state index contributed by atoms with van der Waals surface area (Å²) in [5, 5.41) is 0. The molecule has 0 N–H and O–H groups in total. The van der Waals surface area contributed by atoms with Gasteiger partial charge in [0.1, 0.15) is 40.2 Å². The maximum absolute atomic E-state index is 13.5. The monoisotopic (exact) mass is 692 g/mol. The Labute approximate surface area is 307 Å². The van der Waals surface area contributed by atoms with E-state index in [9.17, 15) is 9.59 Å². The first kappa shape index (κ1) is 34.1. The minimum Gasteiger partial charge on any atom is -0.497 e. The fourth-order valence-electron chi connectivity index (χ4n) is 5.45. The summed E-state index contributed by atoms with van der Waals surface area (Å²) in [6, 6.07) is 52.5. The number of ketones is 2. The molecule has 0 fully saturated rings. The third-order valence-electron chi connectivity index (χ3n) is 8.13. The summed E-state index contributed by atoms with van der Waals surface area (Å²) in [5.41, 5.74) is 3.84. The molecule has 0 bridgehead atoms. The summed E-state index contributed by atoms with van der Waals surface area (Å²) < 4.78 is 23.5. The molecule has 0 aliphatic carbocycles. The predicted octanol–water partition coefficient (Wildman–Crippen LogP) is 10.9. The molecule has 53 heavy (non-hydrogen) atoms. The van der Waals surface area contributed by atoms with E-state index in [1.165, 1.54) is 0 Å². The van der Waals surface area contributed by atoms with Crippen LogP contribution in [-0.2, 0) is 0 Å². The molecule has 0 saturated heterocycles. The van der Waals surface area contributed by atoms with E-state index in [0.717, 1.165) is 11.1 Å². The smallest absolute Gasteiger partial charge is 0.193 e. The van der Waals surface area contributed by atoms with E-state index < -0.39 is 0 Å². The summed E-state index contributed by atoms with van der Waals surface area (Å²) in [5.74, 6) is 9.95. The number of methoxy groups -OCH3 is 1. The van der Waals surface area contributed by atoms with Gasteiger partial charge in [0, 0.05) is 45.5 Å². The van der Waals surface area contributed by atoms with Crippen molar-refractivity contribution in [2.24, 2.45) is 0 Å². The van der Waals surface area contributed by atoms with Crippen molar-refractivity contribution >= 4 is 11.6 Å². The lowest BCUT2D eigenvalue weighted by Crippen LogP contribution is -2.02. The Morgan fingerprint density at radius 3 is 1.28 bits per heavy atom. The lowest BCUT2D eigenvalue weighted by molar-refractivity contribution is 0.103. The Hall–Kier alpha value is -7.36. The highest BCUT2D eigenvalue weighted by molar-refractivity contribution is 6.09. The van der Waals surface area contributed by atoms with E-state index in [0.29, 0.717) is 62.5 Å². The van der Waals surface area contributed by atoms with Gasteiger partial charge in [-0.2, -0.15) is 0 Å². The van der Waals surface area contributed by atoms with Gasteiger partial charge in [-0.25, -0.2) is 0 Å². The Balaban J connectivity index is 0.973. The van der Waals surface area contributed by atoms with Crippen LogP contribution in [0.1, 0.15) is 43.0 Å². The zero-order valence-electron chi connectivity index (χ0n) is 28.7. The van der Waals surface area contributed by atoms with Crippen LogP contribution >= 0.6 is 0 Å². The van der Waals surface area contributed by atoms with E-state index in [2.05, 4.69) is 11.8 Å². The molecule has 0 radical (unpaired) electrons. The van der Waals surface area contributed by atoms with E-state index in [-0.39, 0.29) is 11.6 Å². The molecule has 0 aromatic heterocycles. The van der Waals surface area contributed by atoms with Gasteiger partial charge in [0.05, 0.1) is 7.11 Å². The Morgan fingerprint density at radius 2 is 0.755 bits per heavy atom. The fourth-order valence-corrected chi connectivity index (χ4v) is 5.45. The number of hydrogen-bond acceptors (Lipinski definition) is 6. The van der Waals surface area contributed by atoms with Crippen LogP contribution in [0.15, 0.2) is 176 Å². The summed E-state index contributed by atoms with van der Waals surface area (Å²) in [4.78, 5) is 26.6. The van der Waals surface area contributed by atoms with E-state index in [1.54, 1.807) is 110 Å². The largest absolute Gasteiger partial charge is 0.497 e. The molecule has 0 amide bonds. The molecule has 0 unspecified atom stereocenters. The third kappa shape index (κ3) is 8.87. The lowest BCUT2D eigenvalue weighted by Gasteiger charge is -2.11. The number of rotatable bonds is 11. The second-order valence-corrected chi connectivity index (χ2v) is 11.9. The van der Waals surface area contributed by atoms with Crippen LogP contribution in [0.25, 0.3) is 0 Å². The van der Waals surface area contributed by atoms with E-state index in [4.69, 9.17) is 18.9 Å². The van der Waals surface area contributed by atoms with Crippen molar-refractivity contribution in [1.82, 2.24) is 0 Å². The molecule has 0 aliphatic heterocycles. The van der Waals surface area contributed by atoms with Crippen molar-refractivity contribution in [2.75, 3.05) is 7.11 Å². The summed E-state index contributed by atoms with van der Waals surface area (Å²) in [6.07, 6.45) is 0. The molecule has 0 heterocycles. The number of carbonyl (C=O) groups is 2. The van der Waals surface area contributed by atoms with Crippen molar-refractivity contribution in [2.45, 2.75) is 0 Å². The summed E-state index contributed by atoms with van der Waals surface area (Å²) in [7, 11) is 1.60. The van der Waals surface area contributed by atoms with Crippen LogP contribution in [0.2, 0.25) is 0 Å². The van der Waals surface area contributed by atoms with Crippen LogP contribution in [-0.4, -0.2) is 18.7 Å². The zero-order chi connectivity index (χ0) is 36.4. The van der Waals surface area contributed by atoms with Crippen LogP contribution in [0, 0.1) is 11.8 Å². The SMILES string of the molecule is COc1cccc(Oc2cccc(C(=O)c3cccc(Oc4cccc(Oc5ccc(C(=O)c6ccc(C#Cc7ccccc7)cc6)cc5)c4)c3)c2)c1. The van der Waals surface area contributed by atoms with Crippen molar-refractivity contribution in [1.29, 1.82) is 0 Å². The first-order valence-electron chi connectivity index (χ1n) is 16.8. The molecule has 0 saturated carbocycles. The van der Waals surface area contributed by atoms with Gasteiger partial charge < -0.3 is 18.9 Å². The third-order valence-corrected chi connectivity index (χ3v) is 8.13. The van der Waals surface area contributed by atoms with Crippen molar-refractivity contribution < 1.29 is 28.5 Å². The Morgan fingerprint density at radius 1 is 0.358 bits per heavy atom. The van der Waals surface area contributed by atoms with Gasteiger partial charge in [0.2, 0.25) is 0 Å². The number of hydrogen-bond donors (Lipinski definition) is 0. The zero-order valence-corrected chi connectivity index (χ0v) is 28.7. The molecule has 0 aliphatic rings. The highest BCUT2D eigenvalue weighted by atomic mass is 16.5. The second-order valence-electron chi connectivity index (χ2n) is 11.9. The average Bonchev–Trinajstić information content (AvgIpc) is 3.21. The molecule has 7 aromatic rings. The minimum absolute atomic E-state index is 0.0931. The average molecular weight is 693 g/mol. The molecule has 7 rings (SSSR count). The van der Waals surface area contributed by atoms with Crippen molar-refractivity contribution in [3.05, 3.63) is 209 Å². The number of benzene rings is 7.